The Hall–Kier alpha value is -1.43. The molecule has 168 valence electrons. The van der Waals surface area contributed by atoms with Gasteiger partial charge >= 0.3 is 5.97 Å². The van der Waals surface area contributed by atoms with Crippen LogP contribution in [-0.4, -0.2) is 45.0 Å². The molecular weight excluding hydrogens is 390 g/mol. The van der Waals surface area contributed by atoms with E-state index in [4.69, 9.17) is 9.16 Å². The number of hydrogen-bond donors (Lipinski definition) is 0. The first kappa shape index (κ1) is 24.8. The zero-order chi connectivity index (χ0) is 22.4. The van der Waals surface area contributed by atoms with Gasteiger partial charge < -0.3 is 9.16 Å². The van der Waals surface area contributed by atoms with Gasteiger partial charge in [-0.3, -0.25) is 9.69 Å². The minimum absolute atomic E-state index is 0.116. The van der Waals surface area contributed by atoms with Gasteiger partial charge in [0.15, 0.2) is 8.32 Å². The van der Waals surface area contributed by atoms with E-state index in [1.807, 2.05) is 13.0 Å². The fraction of sp³-hybridized carbons (Fsp3) is 0.640. The summed E-state index contributed by atoms with van der Waals surface area (Å²) in [5.41, 5.74) is 1.24. The van der Waals surface area contributed by atoms with Gasteiger partial charge in [-0.15, -0.1) is 0 Å². The van der Waals surface area contributed by atoms with E-state index in [1.165, 1.54) is 5.56 Å². The second kappa shape index (κ2) is 10.7. The molecule has 0 saturated carbocycles. The molecule has 0 aliphatic carbocycles. The second-order valence-electron chi connectivity index (χ2n) is 9.69. The fourth-order valence-corrected chi connectivity index (χ4v) is 6.29. The van der Waals surface area contributed by atoms with E-state index in [0.29, 0.717) is 25.6 Å². The minimum Gasteiger partial charge on any atom is -0.466 e. The summed E-state index contributed by atoms with van der Waals surface area (Å²) in [4.78, 5) is 14.7. The van der Waals surface area contributed by atoms with Crippen LogP contribution in [0.3, 0.4) is 0 Å². The third-order valence-corrected chi connectivity index (χ3v) is 11.8. The number of nitrogens with zero attached hydrogens (tertiary/aromatic N) is 1. The SMILES string of the molecule is CCOC(=O)CC1CC=CCN1[C@H](CO[Si](C)(C)C(C)(C)C(C)C)c1ccccc1. The van der Waals surface area contributed by atoms with Gasteiger partial charge in [-0.2, -0.15) is 0 Å². The predicted octanol–water partition coefficient (Wildman–Crippen LogP) is 5.97. The molecular formula is C25H41NO3Si. The summed E-state index contributed by atoms with van der Waals surface area (Å²) in [6.45, 7) is 17.7. The summed E-state index contributed by atoms with van der Waals surface area (Å²) in [6.07, 6.45) is 5.67. The molecule has 1 aromatic rings. The van der Waals surface area contributed by atoms with Crippen LogP contribution < -0.4 is 0 Å². The van der Waals surface area contributed by atoms with E-state index in [9.17, 15) is 4.79 Å². The Kier molecular flexibility index (Phi) is 8.89. The van der Waals surface area contributed by atoms with Gasteiger partial charge in [0, 0.05) is 12.6 Å². The summed E-state index contributed by atoms with van der Waals surface area (Å²) >= 11 is 0. The van der Waals surface area contributed by atoms with Crippen LogP contribution in [0.1, 0.15) is 59.1 Å². The van der Waals surface area contributed by atoms with Gasteiger partial charge in [-0.1, -0.05) is 70.2 Å². The van der Waals surface area contributed by atoms with Gasteiger partial charge in [-0.25, -0.2) is 0 Å². The van der Waals surface area contributed by atoms with Crippen molar-refractivity contribution in [3.05, 3.63) is 48.0 Å². The Balaban J connectivity index is 2.27. The molecule has 0 radical (unpaired) electrons. The predicted molar refractivity (Wildman–Crippen MR) is 127 cm³/mol. The van der Waals surface area contributed by atoms with Crippen LogP contribution in [0, 0.1) is 5.92 Å². The highest BCUT2D eigenvalue weighted by molar-refractivity contribution is 6.74. The minimum atomic E-state index is -1.96. The van der Waals surface area contributed by atoms with Crippen LogP contribution in [0.5, 0.6) is 0 Å². The molecule has 2 atom stereocenters. The number of ether oxygens (including phenoxy) is 1. The quantitative estimate of drug-likeness (QED) is 0.260. The van der Waals surface area contributed by atoms with E-state index in [-0.39, 0.29) is 23.1 Å². The Morgan fingerprint density at radius 2 is 1.87 bits per heavy atom. The van der Waals surface area contributed by atoms with Crippen molar-refractivity contribution in [3.8, 4) is 0 Å². The third-order valence-electron chi connectivity index (χ3n) is 7.25. The van der Waals surface area contributed by atoms with Crippen LogP contribution in [-0.2, 0) is 14.0 Å². The standard InChI is InChI=1S/C25H41NO3Si/c1-8-28-24(27)18-22-16-12-13-17-26(22)23(21-14-10-9-11-15-21)19-29-30(6,7)25(4,5)20(2)3/h9-15,20,22-23H,8,16-19H2,1-7H3/t22?,23-/m1/s1. The molecule has 5 heteroatoms. The summed E-state index contributed by atoms with van der Waals surface area (Å²) in [7, 11) is -1.96. The lowest BCUT2D eigenvalue weighted by molar-refractivity contribution is -0.144. The molecule has 0 spiro atoms. The summed E-state index contributed by atoms with van der Waals surface area (Å²) < 4.78 is 12.0. The number of carbonyl (C=O) groups is 1. The number of carbonyl (C=O) groups excluding carboxylic acids is 1. The summed E-state index contributed by atoms with van der Waals surface area (Å²) in [5.74, 6) is 0.440. The lowest BCUT2D eigenvalue weighted by Gasteiger charge is -2.45. The maximum atomic E-state index is 12.2. The first-order valence-corrected chi connectivity index (χ1v) is 14.3. The molecule has 0 amide bonds. The van der Waals surface area contributed by atoms with Crippen molar-refractivity contribution in [2.75, 3.05) is 19.8 Å². The smallest absolute Gasteiger partial charge is 0.307 e. The fourth-order valence-electron chi connectivity index (χ4n) is 3.96. The molecule has 30 heavy (non-hydrogen) atoms. The van der Waals surface area contributed by atoms with Gasteiger partial charge in [0.1, 0.15) is 0 Å². The topological polar surface area (TPSA) is 38.8 Å². The average Bonchev–Trinajstić information content (AvgIpc) is 2.70. The molecule has 0 N–H and O–H groups in total. The van der Waals surface area contributed by atoms with Crippen LogP contribution in [0.2, 0.25) is 18.1 Å². The molecule has 1 aliphatic heterocycles. The monoisotopic (exact) mass is 431 g/mol. The molecule has 1 heterocycles. The van der Waals surface area contributed by atoms with Crippen LogP contribution in [0.15, 0.2) is 42.5 Å². The van der Waals surface area contributed by atoms with Crippen molar-refractivity contribution in [2.45, 2.75) is 77.7 Å². The molecule has 0 aromatic heterocycles. The summed E-state index contributed by atoms with van der Waals surface area (Å²) in [5, 5.41) is 0.167. The Morgan fingerprint density at radius 1 is 1.20 bits per heavy atom. The van der Waals surface area contributed by atoms with Crippen molar-refractivity contribution in [1.82, 2.24) is 4.90 Å². The van der Waals surface area contributed by atoms with E-state index in [1.54, 1.807) is 0 Å². The van der Waals surface area contributed by atoms with Crippen molar-refractivity contribution >= 4 is 14.3 Å². The maximum absolute atomic E-state index is 12.2. The Labute approximate surface area is 184 Å². The molecule has 1 aliphatic rings. The molecule has 0 fully saturated rings. The first-order chi connectivity index (χ1) is 14.1. The molecule has 1 aromatic carbocycles. The summed E-state index contributed by atoms with van der Waals surface area (Å²) in [6, 6.07) is 10.8. The van der Waals surface area contributed by atoms with Crippen molar-refractivity contribution in [2.24, 2.45) is 5.92 Å². The van der Waals surface area contributed by atoms with Crippen LogP contribution in [0.25, 0.3) is 0 Å². The molecule has 4 nitrogen and oxygen atoms in total. The van der Waals surface area contributed by atoms with Gasteiger partial charge in [0.2, 0.25) is 0 Å². The van der Waals surface area contributed by atoms with Crippen molar-refractivity contribution in [1.29, 1.82) is 0 Å². The zero-order valence-electron chi connectivity index (χ0n) is 20.0. The molecule has 2 rings (SSSR count). The third kappa shape index (κ3) is 6.05. The van der Waals surface area contributed by atoms with E-state index < -0.39 is 8.32 Å². The highest BCUT2D eigenvalue weighted by Gasteiger charge is 2.44. The van der Waals surface area contributed by atoms with Crippen molar-refractivity contribution in [3.63, 3.8) is 0 Å². The van der Waals surface area contributed by atoms with Crippen molar-refractivity contribution < 1.29 is 14.0 Å². The van der Waals surface area contributed by atoms with Crippen LogP contribution >= 0.6 is 0 Å². The Bertz CT molecular complexity index is 700. The van der Waals surface area contributed by atoms with Gasteiger partial charge in [-0.05, 0) is 43.0 Å². The lowest BCUT2D eigenvalue weighted by Crippen LogP contribution is -2.49. The van der Waals surface area contributed by atoms with Gasteiger partial charge in [0.05, 0.1) is 25.7 Å². The van der Waals surface area contributed by atoms with Crippen LogP contribution in [0.4, 0.5) is 0 Å². The molecule has 1 unspecified atom stereocenters. The highest BCUT2D eigenvalue weighted by atomic mass is 28.4. The molecule has 0 bridgehead atoms. The zero-order valence-corrected chi connectivity index (χ0v) is 21.0. The molecule has 0 saturated heterocycles. The number of benzene rings is 1. The highest BCUT2D eigenvalue weighted by Crippen LogP contribution is 2.45. The normalized spacial score (nSPS) is 19.1. The second-order valence-corrected chi connectivity index (χ2v) is 14.3. The van der Waals surface area contributed by atoms with E-state index in [2.05, 4.69) is 82.1 Å². The lowest BCUT2D eigenvalue weighted by atomic mass is 9.98. The number of hydrogen-bond acceptors (Lipinski definition) is 4. The van der Waals surface area contributed by atoms with Gasteiger partial charge in [0.25, 0.3) is 0 Å². The van der Waals surface area contributed by atoms with E-state index in [0.717, 1.165) is 13.0 Å². The number of rotatable bonds is 10. The van der Waals surface area contributed by atoms with E-state index >= 15 is 0 Å². The average molecular weight is 432 g/mol. The maximum Gasteiger partial charge on any atom is 0.307 e. The largest absolute Gasteiger partial charge is 0.466 e. The number of esters is 1. The first-order valence-electron chi connectivity index (χ1n) is 11.4. The Morgan fingerprint density at radius 3 is 2.47 bits per heavy atom.